The Bertz CT molecular complexity index is 861. The van der Waals surface area contributed by atoms with E-state index in [1.807, 2.05) is 29.5 Å². The fourth-order valence-corrected chi connectivity index (χ4v) is 4.73. The number of rotatable bonds is 3. The summed E-state index contributed by atoms with van der Waals surface area (Å²) in [5.41, 5.74) is 0.901. The summed E-state index contributed by atoms with van der Waals surface area (Å²) in [4.78, 5) is 15.1. The molecule has 0 unspecified atom stereocenters. The van der Waals surface area contributed by atoms with Gasteiger partial charge in [-0.3, -0.25) is 4.90 Å². The predicted octanol–water partition coefficient (Wildman–Crippen LogP) is 4.43. The summed E-state index contributed by atoms with van der Waals surface area (Å²) < 4.78 is 1.20. The lowest BCUT2D eigenvalue weighted by atomic mass is 10.2. The van der Waals surface area contributed by atoms with Crippen molar-refractivity contribution in [3.63, 3.8) is 0 Å². The molecule has 0 amide bonds. The molecule has 0 atom stereocenters. The highest BCUT2D eigenvalue weighted by Crippen LogP contribution is 2.27. The molecule has 1 aromatic carbocycles. The van der Waals surface area contributed by atoms with E-state index in [-0.39, 0.29) is 0 Å². The number of hydrogen-bond donors (Lipinski definition) is 0. The molecule has 24 heavy (non-hydrogen) atoms. The number of piperazine rings is 1. The molecular formula is C17H16BrClN4S. The number of hydrogen-bond acceptors (Lipinski definition) is 5. The van der Waals surface area contributed by atoms with Gasteiger partial charge in [-0.25, -0.2) is 9.97 Å². The first-order valence-corrected chi connectivity index (χ1v) is 9.79. The molecule has 1 aliphatic heterocycles. The maximum absolute atomic E-state index is 6.07. The lowest BCUT2D eigenvalue weighted by Crippen LogP contribution is -2.46. The van der Waals surface area contributed by atoms with Gasteiger partial charge in [-0.05, 0) is 46.3 Å². The zero-order valence-electron chi connectivity index (χ0n) is 13.0. The Balaban J connectivity index is 1.48. The minimum Gasteiger partial charge on any atom is -0.353 e. The van der Waals surface area contributed by atoms with Crippen LogP contribution in [0.1, 0.15) is 4.88 Å². The van der Waals surface area contributed by atoms with Crippen molar-refractivity contribution >= 4 is 55.6 Å². The number of fused-ring (bicyclic) bond motifs is 1. The molecule has 0 saturated carbocycles. The average molecular weight is 424 g/mol. The fraction of sp³-hybridized carbons (Fsp3) is 0.294. The van der Waals surface area contributed by atoms with Crippen LogP contribution in [-0.4, -0.2) is 41.0 Å². The van der Waals surface area contributed by atoms with E-state index in [9.17, 15) is 0 Å². The number of nitrogens with zero attached hydrogens (tertiary/aromatic N) is 4. The van der Waals surface area contributed by atoms with Gasteiger partial charge in [0.2, 0.25) is 0 Å². The van der Waals surface area contributed by atoms with E-state index in [0.717, 1.165) is 49.4 Å². The number of thiophene rings is 1. The lowest BCUT2D eigenvalue weighted by Gasteiger charge is -2.35. The van der Waals surface area contributed by atoms with Gasteiger partial charge in [0.15, 0.2) is 0 Å². The maximum Gasteiger partial charge on any atom is 0.139 e. The van der Waals surface area contributed by atoms with Gasteiger partial charge in [-0.15, -0.1) is 11.3 Å². The molecule has 2 aromatic heterocycles. The standard InChI is InChI=1S/C17H16BrClN4S/c18-16-4-2-13(24-16)10-22-5-7-23(8-6-22)17-14-3-1-12(19)9-15(14)20-11-21-17/h1-4,9,11H,5-8,10H2. The number of aromatic nitrogens is 2. The molecule has 1 aliphatic rings. The quantitative estimate of drug-likeness (QED) is 0.624. The van der Waals surface area contributed by atoms with Crippen LogP contribution >= 0.6 is 38.9 Å². The second kappa shape index (κ2) is 6.96. The van der Waals surface area contributed by atoms with E-state index >= 15 is 0 Å². The molecular weight excluding hydrogens is 408 g/mol. The fourth-order valence-electron chi connectivity index (χ4n) is 3.04. The van der Waals surface area contributed by atoms with Crippen LogP contribution in [0.25, 0.3) is 10.9 Å². The monoisotopic (exact) mass is 422 g/mol. The second-order valence-electron chi connectivity index (χ2n) is 5.83. The predicted molar refractivity (Wildman–Crippen MR) is 104 cm³/mol. The third kappa shape index (κ3) is 3.42. The van der Waals surface area contributed by atoms with Crippen molar-refractivity contribution in [2.24, 2.45) is 0 Å². The highest BCUT2D eigenvalue weighted by molar-refractivity contribution is 9.11. The van der Waals surface area contributed by atoms with Gasteiger partial charge in [0.1, 0.15) is 12.1 Å². The van der Waals surface area contributed by atoms with Crippen LogP contribution in [0.4, 0.5) is 5.82 Å². The first kappa shape index (κ1) is 16.3. The SMILES string of the molecule is Clc1ccc2c(N3CCN(Cc4ccc(Br)s4)CC3)ncnc2c1. The number of halogens is 2. The van der Waals surface area contributed by atoms with Gasteiger partial charge < -0.3 is 4.90 Å². The van der Waals surface area contributed by atoms with Gasteiger partial charge in [0.05, 0.1) is 9.30 Å². The second-order valence-corrected chi connectivity index (χ2v) is 8.81. The summed E-state index contributed by atoms with van der Waals surface area (Å²) in [6.07, 6.45) is 1.63. The van der Waals surface area contributed by atoms with Crippen LogP contribution in [0.5, 0.6) is 0 Å². The maximum atomic E-state index is 6.07. The molecule has 0 bridgehead atoms. The third-order valence-electron chi connectivity index (χ3n) is 4.26. The van der Waals surface area contributed by atoms with Gasteiger partial charge in [-0.2, -0.15) is 0 Å². The lowest BCUT2D eigenvalue weighted by molar-refractivity contribution is 0.251. The first-order chi connectivity index (χ1) is 11.7. The van der Waals surface area contributed by atoms with Gasteiger partial charge in [0.25, 0.3) is 0 Å². The van der Waals surface area contributed by atoms with E-state index in [0.29, 0.717) is 5.02 Å². The van der Waals surface area contributed by atoms with E-state index in [2.05, 4.69) is 47.8 Å². The van der Waals surface area contributed by atoms with Gasteiger partial charge >= 0.3 is 0 Å². The Morgan fingerprint density at radius 1 is 1.08 bits per heavy atom. The zero-order chi connectivity index (χ0) is 16.5. The average Bonchev–Trinajstić information content (AvgIpc) is 3.00. The molecule has 4 nitrogen and oxygen atoms in total. The summed E-state index contributed by atoms with van der Waals surface area (Å²) in [5.74, 6) is 1.01. The van der Waals surface area contributed by atoms with Crippen LogP contribution in [0, 0.1) is 0 Å². The Kier molecular flexibility index (Phi) is 4.72. The summed E-state index contributed by atoms with van der Waals surface area (Å²) >= 11 is 11.4. The molecule has 4 rings (SSSR count). The minimum atomic E-state index is 0.707. The van der Waals surface area contributed by atoms with Crippen LogP contribution < -0.4 is 4.90 Å². The largest absolute Gasteiger partial charge is 0.353 e. The Hall–Kier alpha value is -1.21. The van der Waals surface area contributed by atoms with Crippen LogP contribution in [0.3, 0.4) is 0 Å². The zero-order valence-corrected chi connectivity index (χ0v) is 16.1. The molecule has 0 spiro atoms. The smallest absolute Gasteiger partial charge is 0.139 e. The first-order valence-electron chi connectivity index (χ1n) is 7.81. The third-order valence-corrected chi connectivity index (χ3v) is 6.10. The van der Waals surface area contributed by atoms with Gasteiger partial charge in [-0.1, -0.05) is 11.6 Å². The van der Waals surface area contributed by atoms with Crippen molar-refractivity contribution in [2.45, 2.75) is 6.54 Å². The number of anilines is 1. The minimum absolute atomic E-state index is 0.707. The normalized spacial score (nSPS) is 16.0. The summed E-state index contributed by atoms with van der Waals surface area (Å²) in [7, 11) is 0. The molecule has 0 radical (unpaired) electrons. The van der Waals surface area contributed by atoms with Crippen molar-refractivity contribution in [1.29, 1.82) is 0 Å². The Morgan fingerprint density at radius 2 is 1.92 bits per heavy atom. The van der Waals surface area contributed by atoms with Crippen molar-refractivity contribution in [3.8, 4) is 0 Å². The van der Waals surface area contributed by atoms with E-state index in [1.165, 1.54) is 8.66 Å². The van der Waals surface area contributed by atoms with Crippen molar-refractivity contribution in [1.82, 2.24) is 14.9 Å². The topological polar surface area (TPSA) is 32.3 Å². The van der Waals surface area contributed by atoms with Crippen LogP contribution in [0.15, 0.2) is 40.4 Å². The highest BCUT2D eigenvalue weighted by Gasteiger charge is 2.20. The number of benzene rings is 1. The molecule has 124 valence electrons. The Labute approximate surface area is 158 Å². The Morgan fingerprint density at radius 3 is 2.67 bits per heavy atom. The molecule has 3 aromatic rings. The molecule has 0 aliphatic carbocycles. The van der Waals surface area contributed by atoms with Gasteiger partial charge in [0, 0.05) is 48.0 Å². The van der Waals surface area contributed by atoms with E-state index in [4.69, 9.17) is 11.6 Å². The molecule has 1 fully saturated rings. The molecule has 1 saturated heterocycles. The van der Waals surface area contributed by atoms with Crippen LogP contribution in [0.2, 0.25) is 5.02 Å². The van der Waals surface area contributed by atoms with E-state index < -0.39 is 0 Å². The molecule has 0 N–H and O–H groups in total. The van der Waals surface area contributed by atoms with Crippen LogP contribution in [-0.2, 0) is 6.54 Å². The van der Waals surface area contributed by atoms with Crippen molar-refractivity contribution in [2.75, 3.05) is 31.1 Å². The summed E-state index contributed by atoms with van der Waals surface area (Å²) in [5, 5.41) is 1.77. The highest BCUT2D eigenvalue weighted by atomic mass is 79.9. The molecule has 7 heteroatoms. The molecule has 3 heterocycles. The summed E-state index contributed by atoms with van der Waals surface area (Å²) in [6, 6.07) is 10.1. The van der Waals surface area contributed by atoms with E-state index in [1.54, 1.807) is 6.33 Å². The van der Waals surface area contributed by atoms with Crippen molar-refractivity contribution < 1.29 is 0 Å². The van der Waals surface area contributed by atoms with Crippen molar-refractivity contribution in [3.05, 3.63) is 50.3 Å². The summed E-state index contributed by atoms with van der Waals surface area (Å²) in [6.45, 7) is 5.04.